The second kappa shape index (κ2) is 7.58. The Labute approximate surface area is 135 Å². The van der Waals surface area contributed by atoms with Gasteiger partial charge in [0.25, 0.3) is 5.91 Å². The Balaban J connectivity index is 2.04. The van der Waals surface area contributed by atoms with Gasteiger partial charge in [-0.25, -0.2) is 0 Å². The van der Waals surface area contributed by atoms with E-state index in [1.54, 1.807) is 10.9 Å². The molecule has 0 saturated heterocycles. The van der Waals surface area contributed by atoms with Gasteiger partial charge in [-0.1, -0.05) is 50.6 Å². The Morgan fingerprint density at radius 1 is 1.30 bits per heavy atom. The zero-order valence-corrected chi connectivity index (χ0v) is 13.4. The first-order valence-electron chi connectivity index (χ1n) is 7.67. The molecule has 0 bridgehead atoms. The zero-order chi connectivity index (χ0) is 16.8. The zero-order valence-electron chi connectivity index (χ0n) is 13.4. The summed E-state index contributed by atoms with van der Waals surface area (Å²) < 4.78 is 1.69. The lowest BCUT2D eigenvalue weighted by molar-refractivity contribution is -0.120. The minimum absolute atomic E-state index is 0.0178. The van der Waals surface area contributed by atoms with Gasteiger partial charge in [0, 0.05) is 6.20 Å². The lowest BCUT2D eigenvalue weighted by atomic mass is 9.98. The van der Waals surface area contributed by atoms with Crippen LogP contribution in [0.1, 0.15) is 36.2 Å². The smallest absolute Gasteiger partial charge is 0.255 e. The van der Waals surface area contributed by atoms with E-state index < -0.39 is 11.9 Å². The number of hydrogen-bond acceptors (Lipinski definition) is 3. The minimum Gasteiger partial charge on any atom is -0.368 e. The molecule has 0 aliphatic rings. The number of nitrogens with two attached hydrogens (primary N) is 1. The highest BCUT2D eigenvalue weighted by atomic mass is 16.2. The fourth-order valence-corrected chi connectivity index (χ4v) is 2.29. The van der Waals surface area contributed by atoms with E-state index in [1.165, 1.54) is 6.20 Å². The number of hydrogen-bond donors (Lipinski definition) is 2. The summed E-state index contributed by atoms with van der Waals surface area (Å²) in [5.41, 5.74) is 6.88. The van der Waals surface area contributed by atoms with Crippen LogP contribution in [0.3, 0.4) is 0 Å². The van der Waals surface area contributed by atoms with E-state index >= 15 is 0 Å². The van der Waals surface area contributed by atoms with Crippen molar-refractivity contribution in [3.8, 4) is 0 Å². The first-order valence-corrected chi connectivity index (χ1v) is 7.67. The van der Waals surface area contributed by atoms with E-state index in [0.717, 1.165) is 12.0 Å². The summed E-state index contributed by atoms with van der Waals surface area (Å²) in [6.07, 6.45) is 3.91. The maximum absolute atomic E-state index is 12.3. The van der Waals surface area contributed by atoms with Crippen LogP contribution in [-0.2, 0) is 11.3 Å². The third kappa shape index (κ3) is 4.42. The van der Waals surface area contributed by atoms with Gasteiger partial charge in [0.15, 0.2) is 0 Å². The molecular formula is C17H22N4O2. The van der Waals surface area contributed by atoms with Crippen molar-refractivity contribution >= 4 is 11.8 Å². The number of benzene rings is 1. The monoisotopic (exact) mass is 314 g/mol. The first-order chi connectivity index (χ1) is 11.0. The lowest BCUT2D eigenvalue weighted by Crippen LogP contribution is -2.48. The Hall–Kier alpha value is -2.63. The maximum Gasteiger partial charge on any atom is 0.255 e. The van der Waals surface area contributed by atoms with Crippen LogP contribution in [0.5, 0.6) is 0 Å². The topological polar surface area (TPSA) is 90.0 Å². The van der Waals surface area contributed by atoms with Gasteiger partial charge in [-0.2, -0.15) is 5.10 Å². The molecule has 2 amide bonds. The summed E-state index contributed by atoms with van der Waals surface area (Å²) in [4.78, 5) is 23.8. The van der Waals surface area contributed by atoms with Crippen LogP contribution < -0.4 is 11.1 Å². The summed E-state index contributed by atoms with van der Waals surface area (Å²) in [6.45, 7) is 4.41. The largest absolute Gasteiger partial charge is 0.368 e. The van der Waals surface area contributed by atoms with E-state index in [0.29, 0.717) is 12.1 Å². The highest BCUT2D eigenvalue weighted by Gasteiger charge is 2.24. The van der Waals surface area contributed by atoms with Crippen LogP contribution in [0.2, 0.25) is 0 Å². The fourth-order valence-electron chi connectivity index (χ4n) is 2.29. The molecule has 122 valence electrons. The number of carbonyl (C=O) groups is 2. The van der Waals surface area contributed by atoms with E-state index in [-0.39, 0.29) is 11.8 Å². The third-order valence-corrected chi connectivity index (χ3v) is 3.89. The number of rotatable bonds is 7. The van der Waals surface area contributed by atoms with Crippen molar-refractivity contribution < 1.29 is 9.59 Å². The molecule has 2 rings (SSSR count). The number of amides is 2. The van der Waals surface area contributed by atoms with Crippen molar-refractivity contribution in [3.05, 3.63) is 53.9 Å². The Kier molecular flexibility index (Phi) is 5.51. The minimum atomic E-state index is -0.676. The number of primary amides is 1. The molecule has 0 fully saturated rings. The predicted molar refractivity (Wildman–Crippen MR) is 87.7 cm³/mol. The molecule has 0 aliphatic heterocycles. The molecule has 0 aliphatic carbocycles. The standard InChI is InChI=1S/C17H22N4O2/c1-3-12(2)15(16(18)22)20-17(23)14-9-19-21(11-14)10-13-7-5-4-6-8-13/h4-9,11-12,15H,3,10H2,1-2H3,(H2,18,22)(H,20,23). The van der Waals surface area contributed by atoms with Crippen molar-refractivity contribution in [3.63, 3.8) is 0 Å². The van der Waals surface area contributed by atoms with E-state index in [9.17, 15) is 9.59 Å². The van der Waals surface area contributed by atoms with Crippen LogP contribution in [0.25, 0.3) is 0 Å². The average Bonchev–Trinajstić information content (AvgIpc) is 3.01. The van der Waals surface area contributed by atoms with E-state index in [1.807, 2.05) is 44.2 Å². The Morgan fingerprint density at radius 3 is 2.61 bits per heavy atom. The Morgan fingerprint density at radius 2 is 2.00 bits per heavy atom. The molecule has 2 atom stereocenters. The fraction of sp³-hybridized carbons (Fsp3) is 0.353. The third-order valence-electron chi connectivity index (χ3n) is 3.89. The van der Waals surface area contributed by atoms with Gasteiger partial charge in [0.1, 0.15) is 6.04 Å². The molecule has 23 heavy (non-hydrogen) atoms. The molecule has 0 spiro atoms. The van der Waals surface area contributed by atoms with Crippen molar-refractivity contribution in [2.45, 2.75) is 32.9 Å². The maximum atomic E-state index is 12.3. The van der Waals surface area contributed by atoms with Crippen molar-refractivity contribution in [2.75, 3.05) is 0 Å². The van der Waals surface area contributed by atoms with E-state index in [2.05, 4.69) is 10.4 Å². The van der Waals surface area contributed by atoms with Crippen molar-refractivity contribution in [2.24, 2.45) is 11.7 Å². The van der Waals surface area contributed by atoms with Crippen LogP contribution in [0, 0.1) is 5.92 Å². The molecule has 6 heteroatoms. The second-order valence-electron chi connectivity index (χ2n) is 5.65. The molecular weight excluding hydrogens is 292 g/mol. The summed E-state index contributed by atoms with van der Waals surface area (Å²) in [6, 6.07) is 9.17. The molecule has 2 aromatic rings. The number of nitrogens with zero attached hydrogens (tertiary/aromatic N) is 2. The molecule has 1 aromatic heterocycles. The highest BCUT2D eigenvalue weighted by molar-refractivity contribution is 5.97. The molecule has 3 N–H and O–H groups in total. The van der Waals surface area contributed by atoms with Crippen LogP contribution >= 0.6 is 0 Å². The summed E-state index contributed by atoms with van der Waals surface area (Å²) in [5, 5.41) is 6.88. The first kappa shape index (κ1) is 16.7. The summed E-state index contributed by atoms with van der Waals surface area (Å²) in [7, 11) is 0. The van der Waals surface area contributed by atoms with Gasteiger partial charge in [-0.15, -0.1) is 0 Å². The van der Waals surface area contributed by atoms with Gasteiger partial charge < -0.3 is 11.1 Å². The van der Waals surface area contributed by atoms with Crippen LogP contribution in [0.4, 0.5) is 0 Å². The van der Waals surface area contributed by atoms with Crippen LogP contribution in [0.15, 0.2) is 42.7 Å². The average molecular weight is 314 g/mol. The summed E-state index contributed by atoms with van der Waals surface area (Å²) >= 11 is 0. The molecule has 0 radical (unpaired) electrons. The Bertz CT molecular complexity index is 666. The van der Waals surface area contributed by atoms with Crippen LogP contribution in [-0.4, -0.2) is 27.6 Å². The van der Waals surface area contributed by atoms with E-state index in [4.69, 9.17) is 5.73 Å². The number of carbonyl (C=O) groups excluding carboxylic acids is 2. The normalized spacial score (nSPS) is 13.3. The van der Waals surface area contributed by atoms with Gasteiger partial charge in [-0.3, -0.25) is 14.3 Å². The predicted octanol–water partition coefficient (Wildman–Crippen LogP) is 1.56. The molecule has 1 heterocycles. The SMILES string of the molecule is CCC(C)C(NC(=O)c1cnn(Cc2ccccc2)c1)C(N)=O. The van der Waals surface area contributed by atoms with Gasteiger partial charge in [0.05, 0.1) is 18.3 Å². The summed E-state index contributed by atoms with van der Waals surface area (Å²) in [5.74, 6) is -0.881. The second-order valence-corrected chi connectivity index (χ2v) is 5.65. The van der Waals surface area contributed by atoms with Gasteiger partial charge >= 0.3 is 0 Å². The van der Waals surface area contributed by atoms with Gasteiger partial charge in [-0.05, 0) is 11.5 Å². The number of aromatic nitrogens is 2. The highest BCUT2D eigenvalue weighted by Crippen LogP contribution is 2.09. The van der Waals surface area contributed by atoms with Crippen molar-refractivity contribution in [1.29, 1.82) is 0 Å². The van der Waals surface area contributed by atoms with Crippen molar-refractivity contribution in [1.82, 2.24) is 15.1 Å². The molecule has 6 nitrogen and oxygen atoms in total. The lowest BCUT2D eigenvalue weighted by Gasteiger charge is -2.20. The van der Waals surface area contributed by atoms with Gasteiger partial charge in [0.2, 0.25) is 5.91 Å². The molecule has 1 aromatic carbocycles. The molecule has 2 unspecified atom stereocenters. The quantitative estimate of drug-likeness (QED) is 0.812. The molecule has 0 saturated carbocycles. The number of nitrogens with one attached hydrogen (secondary N) is 1.